The van der Waals surface area contributed by atoms with Gasteiger partial charge in [0.2, 0.25) is 0 Å². The molecular weight excluding hydrogens is 232 g/mol. The first kappa shape index (κ1) is 15.5. The third-order valence-electron chi connectivity index (χ3n) is 3.37. The van der Waals surface area contributed by atoms with Crippen molar-refractivity contribution >= 4 is 5.69 Å². The summed E-state index contributed by atoms with van der Waals surface area (Å²) in [6, 6.07) is 2.06. The summed E-state index contributed by atoms with van der Waals surface area (Å²) in [6.07, 6.45) is 8.64. The highest BCUT2D eigenvalue weighted by Crippen LogP contribution is 2.26. The molecule has 0 aliphatic carbocycles. The summed E-state index contributed by atoms with van der Waals surface area (Å²) in [5.74, 6) is 0. The predicted octanol–water partition coefficient (Wildman–Crippen LogP) is 4.78. The zero-order valence-corrected chi connectivity index (χ0v) is 13.1. The zero-order valence-electron chi connectivity index (χ0n) is 13.1. The second kappa shape index (κ2) is 7.13. The molecule has 1 heterocycles. The van der Waals surface area contributed by atoms with Gasteiger partial charge in [-0.2, -0.15) is 0 Å². The lowest BCUT2D eigenvalue weighted by atomic mass is 10.1. The van der Waals surface area contributed by atoms with E-state index < -0.39 is 0 Å². The summed E-state index contributed by atoms with van der Waals surface area (Å²) in [7, 11) is 2.11. The fraction of sp³-hybridized carbons (Fsp3) is 0.471. The van der Waals surface area contributed by atoms with Crippen molar-refractivity contribution in [1.82, 2.24) is 4.98 Å². The standard InChI is InChI=1S/C17H26N2/c1-7-9-13(3)12-16(8-2)19(6)17-14(4)10-11-18-15(17)5/h8,10-12H,7,9H2,1-6H3/b13-12-,16-8+. The molecule has 2 heteroatoms. The predicted molar refractivity (Wildman–Crippen MR) is 84.5 cm³/mol. The van der Waals surface area contributed by atoms with E-state index in [0.717, 1.165) is 12.1 Å². The second-order valence-electron chi connectivity index (χ2n) is 5.08. The van der Waals surface area contributed by atoms with Crippen LogP contribution >= 0.6 is 0 Å². The van der Waals surface area contributed by atoms with Crippen LogP contribution in [0.1, 0.15) is 44.9 Å². The minimum Gasteiger partial charge on any atom is -0.343 e. The van der Waals surface area contributed by atoms with E-state index in [0.29, 0.717) is 0 Å². The highest BCUT2D eigenvalue weighted by atomic mass is 15.1. The minimum atomic E-state index is 1.07. The molecule has 1 rings (SSSR count). The molecule has 0 amide bonds. The average Bonchev–Trinajstić information content (AvgIpc) is 2.35. The van der Waals surface area contributed by atoms with Crippen LogP contribution in [-0.4, -0.2) is 12.0 Å². The molecule has 0 radical (unpaired) electrons. The number of aryl methyl sites for hydroxylation is 2. The number of allylic oxidation sites excluding steroid dienone is 3. The lowest BCUT2D eigenvalue weighted by Gasteiger charge is -2.24. The molecule has 0 bridgehead atoms. The summed E-state index contributed by atoms with van der Waals surface area (Å²) in [6.45, 7) is 10.7. The maximum absolute atomic E-state index is 4.40. The van der Waals surface area contributed by atoms with Gasteiger partial charge in [-0.1, -0.05) is 25.0 Å². The Labute approximate surface area is 117 Å². The molecule has 0 aliphatic heterocycles. The van der Waals surface area contributed by atoms with Crippen molar-refractivity contribution in [3.8, 4) is 0 Å². The molecule has 0 saturated carbocycles. The van der Waals surface area contributed by atoms with Crippen molar-refractivity contribution in [1.29, 1.82) is 0 Å². The molecule has 0 unspecified atom stereocenters. The van der Waals surface area contributed by atoms with Crippen LogP contribution in [0.5, 0.6) is 0 Å². The Bertz CT molecular complexity index is 464. The summed E-state index contributed by atoms with van der Waals surface area (Å²) < 4.78 is 0. The first-order valence-electron chi connectivity index (χ1n) is 7.00. The number of hydrogen-bond donors (Lipinski definition) is 0. The number of pyridine rings is 1. The third kappa shape index (κ3) is 3.95. The molecule has 0 atom stereocenters. The van der Waals surface area contributed by atoms with Crippen molar-refractivity contribution in [2.24, 2.45) is 0 Å². The van der Waals surface area contributed by atoms with Crippen molar-refractivity contribution in [2.75, 3.05) is 11.9 Å². The Kier molecular flexibility index (Phi) is 5.81. The van der Waals surface area contributed by atoms with Gasteiger partial charge in [0.1, 0.15) is 0 Å². The Morgan fingerprint density at radius 2 is 2.05 bits per heavy atom. The quantitative estimate of drug-likeness (QED) is 0.706. The van der Waals surface area contributed by atoms with Crippen LogP contribution in [0.25, 0.3) is 0 Å². The first-order valence-corrected chi connectivity index (χ1v) is 7.00. The molecule has 19 heavy (non-hydrogen) atoms. The number of nitrogens with zero attached hydrogens (tertiary/aromatic N) is 2. The summed E-state index contributed by atoms with van der Waals surface area (Å²) in [5.41, 5.74) is 6.18. The number of likely N-dealkylation sites (N-methyl/N-ethyl adjacent to an activating group) is 1. The van der Waals surface area contributed by atoms with Crippen molar-refractivity contribution in [2.45, 2.75) is 47.5 Å². The van der Waals surface area contributed by atoms with Crippen molar-refractivity contribution in [3.05, 3.63) is 46.9 Å². The van der Waals surface area contributed by atoms with Crippen molar-refractivity contribution in [3.63, 3.8) is 0 Å². The fourth-order valence-electron chi connectivity index (χ4n) is 2.42. The van der Waals surface area contributed by atoms with E-state index >= 15 is 0 Å². The molecule has 1 aromatic heterocycles. The molecule has 1 aromatic rings. The molecule has 0 spiro atoms. The van der Waals surface area contributed by atoms with Crippen molar-refractivity contribution < 1.29 is 0 Å². The lowest BCUT2D eigenvalue weighted by Crippen LogP contribution is -2.18. The lowest BCUT2D eigenvalue weighted by molar-refractivity contribution is 0.901. The number of aromatic nitrogens is 1. The highest BCUT2D eigenvalue weighted by Gasteiger charge is 2.11. The molecule has 104 valence electrons. The van der Waals surface area contributed by atoms with E-state index in [1.807, 2.05) is 6.20 Å². The van der Waals surface area contributed by atoms with Gasteiger partial charge in [-0.15, -0.1) is 0 Å². The molecule has 2 nitrogen and oxygen atoms in total. The first-order chi connectivity index (χ1) is 9.01. The van der Waals surface area contributed by atoms with Crippen LogP contribution in [0, 0.1) is 13.8 Å². The normalized spacial score (nSPS) is 12.7. The summed E-state index contributed by atoms with van der Waals surface area (Å²) in [4.78, 5) is 6.64. The van der Waals surface area contributed by atoms with E-state index in [2.05, 4.69) is 69.8 Å². The van der Waals surface area contributed by atoms with Crippen LogP contribution in [-0.2, 0) is 0 Å². The van der Waals surface area contributed by atoms with Gasteiger partial charge in [-0.25, -0.2) is 0 Å². The van der Waals surface area contributed by atoms with Gasteiger partial charge < -0.3 is 4.90 Å². The van der Waals surface area contributed by atoms with E-state index in [4.69, 9.17) is 0 Å². The molecule has 0 saturated heterocycles. The summed E-state index contributed by atoms with van der Waals surface area (Å²) in [5, 5.41) is 0. The van der Waals surface area contributed by atoms with E-state index in [9.17, 15) is 0 Å². The average molecular weight is 258 g/mol. The number of anilines is 1. The highest BCUT2D eigenvalue weighted by molar-refractivity contribution is 5.61. The van der Waals surface area contributed by atoms with Crippen LogP contribution in [0.2, 0.25) is 0 Å². The summed E-state index contributed by atoms with van der Waals surface area (Å²) >= 11 is 0. The minimum absolute atomic E-state index is 1.07. The van der Waals surface area contributed by atoms with Crippen LogP contribution in [0.3, 0.4) is 0 Å². The van der Waals surface area contributed by atoms with Gasteiger partial charge in [0.05, 0.1) is 11.4 Å². The van der Waals surface area contributed by atoms with Gasteiger partial charge in [-0.3, -0.25) is 4.98 Å². The van der Waals surface area contributed by atoms with Gasteiger partial charge in [0.15, 0.2) is 0 Å². The SMILES string of the molecule is C/C=C(\C=C(\C)CCC)N(C)c1c(C)ccnc1C. The monoisotopic (exact) mass is 258 g/mol. The Balaban J connectivity index is 3.10. The largest absolute Gasteiger partial charge is 0.343 e. The molecule has 0 aromatic carbocycles. The van der Waals surface area contributed by atoms with E-state index in [1.54, 1.807) is 0 Å². The fourth-order valence-corrected chi connectivity index (χ4v) is 2.42. The van der Waals surface area contributed by atoms with Crippen LogP contribution in [0.15, 0.2) is 35.7 Å². The molecule has 0 N–H and O–H groups in total. The molecule has 0 aliphatic rings. The van der Waals surface area contributed by atoms with Crippen LogP contribution in [0.4, 0.5) is 5.69 Å². The van der Waals surface area contributed by atoms with Gasteiger partial charge in [0.25, 0.3) is 0 Å². The Hall–Kier alpha value is -1.57. The third-order valence-corrected chi connectivity index (χ3v) is 3.37. The number of rotatable bonds is 5. The Morgan fingerprint density at radius 1 is 1.37 bits per heavy atom. The topological polar surface area (TPSA) is 16.1 Å². The maximum atomic E-state index is 4.40. The van der Waals surface area contributed by atoms with Gasteiger partial charge >= 0.3 is 0 Å². The van der Waals surface area contributed by atoms with E-state index in [-0.39, 0.29) is 0 Å². The van der Waals surface area contributed by atoms with Gasteiger partial charge in [-0.05, 0) is 51.8 Å². The molecular formula is C17H26N2. The Morgan fingerprint density at radius 3 is 2.58 bits per heavy atom. The number of hydrogen-bond acceptors (Lipinski definition) is 2. The smallest absolute Gasteiger partial charge is 0.0653 e. The van der Waals surface area contributed by atoms with E-state index in [1.165, 1.54) is 28.9 Å². The van der Waals surface area contributed by atoms with Gasteiger partial charge in [0, 0.05) is 18.9 Å². The van der Waals surface area contributed by atoms with Crippen LogP contribution < -0.4 is 4.90 Å². The molecule has 0 fully saturated rings. The maximum Gasteiger partial charge on any atom is 0.0653 e. The zero-order chi connectivity index (χ0) is 14.4. The second-order valence-corrected chi connectivity index (χ2v) is 5.08.